The van der Waals surface area contributed by atoms with Crippen molar-refractivity contribution in [3.8, 4) is 11.5 Å². The smallest absolute Gasteiger partial charge is 0.127 e. The quantitative estimate of drug-likeness (QED) is 0.796. The summed E-state index contributed by atoms with van der Waals surface area (Å²) in [6, 6.07) is 17.3. The van der Waals surface area contributed by atoms with E-state index in [2.05, 4.69) is 0 Å². The van der Waals surface area contributed by atoms with E-state index >= 15 is 0 Å². The molecule has 4 heteroatoms. The maximum atomic E-state index is 9.27. The molecule has 2 rings (SSSR count). The molecule has 2 N–H and O–H groups in total. The number of aliphatic hydroxyl groups excluding tert-OH is 2. The van der Waals surface area contributed by atoms with E-state index in [0.29, 0.717) is 5.75 Å². The monoisotopic (exact) mass is 276 g/mol. The normalized spacial score (nSPS) is 12.1. The molecular formula is C15H16O3S. The number of hydrogen-bond donors (Lipinski definition) is 2. The number of benzene rings is 2. The summed E-state index contributed by atoms with van der Waals surface area (Å²) in [5.74, 6) is 2.06. The number of hydrogen-bond acceptors (Lipinski definition) is 4. The second-order valence-corrected chi connectivity index (χ2v) is 5.13. The minimum Gasteiger partial charge on any atom is -0.457 e. The second-order valence-electron chi connectivity index (χ2n) is 4.03. The topological polar surface area (TPSA) is 49.7 Å². The Morgan fingerprint density at radius 2 is 1.58 bits per heavy atom. The third-order valence-corrected chi connectivity index (χ3v) is 3.61. The predicted molar refractivity (Wildman–Crippen MR) is 76.8 cm³/mol. The van der Waals surface area contributed by atoms with Crippen LogP contribution in [0, 0.1) is 0 Å². The van der Waals surface area contributed by atoms with E-state index in [9.17, 15) is 5.11 Å². The highest BCUT2D eigenvalue weighted by atomic mass is 32.2. The van der Waals surface area contributed by atoms with Gasteiger partial charge in [0, 0.05) is 10.6 Å². The van der Waals surface area contributed by atoms with Crippen molar-refractivity contribution in [3.05, 3.63) is 54.6 Å². The zero-order valence-corrected chi connectivity index (χ0v) is 11.2. The third kappa shape index (κ3) is 4.59. The first-order valence-corrected chi connectivity index (χ1v) is 7.01. The zero-order valence-electron chi connectivity index (χ0n) is 10.4. The van der Waals surface area contributed by atoms with Gasteiger partial charge in [0.1, 0.15) is 11.5 Å². The van der Waals surface area contributed by atoms with Crippen molar-refractivity contribution in [2.24, 2.45) is 0 Å². The zero-order chi connectivity index (χ0) is 13.5. The minimum atomic E-state index is -0.676. The number of rotatable bonds is 6. The Balaban J connectivity index is 1.91. The summed E-state index contributed by atoms with van der Waals surface area (Å²) in [5, 5.41) is 18.0. The van der Waals surface area contributed by atoms with Gasteiger partial charge in [-0.15, -0.1) is 11.8 Å². The van der Waals surface area contributed by atoms with Crippen molar-refractivity contribution in [2.75, 3.05) is 12.4 Å². The Morgan fingerprint density at radius 3 is 2.21 bits per heavy atom. The molecule has 0 bridgehead atoms. The van der Waals surface area contributed by atoms with Gasteiger partial charge in [-0.05, 0) is 36.4 Å². The first-order chi connectivity index (χ1) is 9.28. The van der Waals surface area contributed by atoms with E-state index in [1.165, 1.54) is 11.8 Å². The maximum Gasteiger partial charge on any atom is 0.127 e. The van der Waals surface area contributed by atoms with Gasteiger partial charge in [-0.3, -0.25) is 0 Å². The second kappa shape index (κ2) is 7.19. The van der Waals surface area contributed by atoms with Gasteiger partial charge in [0.25, 0.3) is 0 Å². The average Bonchev–Trinajstić information content (AvgIpc) is 2.47. The molecule has 2 aromatic carbocycles. The van der Waals surface area contributed by atoms with Crippen molar-refractivity contribution < 1.29 is 14.9 Å². The van der Waals surface area contributed by atoms with Gasteiger partial charge >= 0.3 is 0 Å². The highest BCUT2D eigenvalue weighted by Crippen LogP contribution is 2.25. The van der Waals surface area contributed by atoms with E-state index in [4.69, 9.17) is 9.84 Å². The molecule has 1 atom stereocenters. The molecule has 2 aromatic rings. The SMILES string of the molecule is OC[C@H](O)CSc1ccc(Oc2ccccc2)cc1. The molecule has 19 heavy (non-hydrogen) atoms. The van der Waals surface area contributed by atoms with Gasteiger partial charge in [0.15, 0.2) is 0 Å². The molecule has 0 fully saturated rings. The molecule has 0 spiro atoms. The van der Waals surface area contributed by atoms with Crippen LogP contribution >= 0.6 is 11.8 Å². The summed E-state index contributed by atoms with van der Waals surface area (Å²) < 4.78 is 5.68. The van der Waals surface area contributed by atoms with E-state index in [1.54, 1.807) is 0 Å². The van der Waals surface area contributed by atoms with Crippen LogP contribution in [0.15, 0.2) is 59.5 Å². The lowest BCUT2D eigenvalue weighted by Gasteiger charge is -2.08. The van der Waals surface area contributed by atoms with Crippen LogP contribution in [0.4, 0.5) is 0 Å². The van der Waals surface area contributed by atoms with E-state index in [1.807, 2.05) is 54.6 Å². The predicted octanol–water partition coefficient (Wildman–Crippen LogP) is 2.92. The van der Waals surface area contributed by atoms with Crippen molar-refractivity contribution in [1.29, 1.82) is 0 Å². The Labute approximate surface area is 116 Å². The van der Waals surface area contributed by atoms with Crippen molar-refractivity contribution in [3.63, 3.8) is 0 Å². The molecule has 0 aromatic heterocycles. The van der Waals surface area contributed by atoms with Crippen LogP contribution in [0.3, 0.4) is 0 Å². The van der Waals surface area contributed by atoms with Gasteiger partial charge in [-0.2, -0.15) is 0 Å². The highest BCUT2D eigenvalue weighted by Gasteiger charge is 2.03. The molecule has 0 aliphatic rings. The lowest BCUT2D eigenvalue weighted by Crippen LogP contribution is -2.14. The molecule has 0 aliphatic carbocycles. The molecule has 0 saturated carbocycles. The molecule has 3 nitrogen and oxygen atoms in total. The lowest BCUT2D eigenvalue weighted by molar-refractivity contribution is 0.113. The summed E-state index contributed by atoms with van der Waals surface area (Å²) >= 11 is 1.50. The molecule has 0 saturated heterocycles. The van der Waals surface area contributed by atoms with Gasteiger partial charge in [-0.25, -0.2) is 0 Å². The highest BCUT2D eigenvalue weighted by molar-refractivity contribution is 7.99. The van der Waals surface area contributed by atoms with Gasteiger partial charge < -0.3 is 14.9 Å². The van der Waals surface area contributed by atoms with Crippen LogP contribution in [0.25, 0.3) is 0 Å². The van der Waals surface area contributed by atoms with Crippen LogP contribution in [0.5, 0.6) is 11.5 Å². The first kappa shape index (κ1) is 13.9. The largest absolute Gasteiger partial charge is 0.457 e. The van der Waals surface area contributed by atoms with Crippen LogP contribution < -0.4 is 4.74 Å². The molecular weight excluding hydrogens is 260 g/mol. The van der Waals surface area contributed by atoms with Crippen LogP contribution in [-0.4, -0.2) is 28.7 Å². The molecule has 100 valence electrons. The van der Waals surface area contributed by atoms with E-state index in [0.717, 1.165) is 16.4 Å². The van der Waals surface area contributed by atoms with Crippen LogP contribution in [0.1, 0.15) is 0 Å². The summed E-state index contributed by atoms with van der Waals surface area (Å²) in [6.07, 6.45) is -0.676. The number of ether oxygens (including phenoxy) is 1. The fourth-order valence-corrected chi connectivity index (χ4v) is 2.29. The number of thioether (sulfide) groups is 1. The van der Waals surface area contributed by atoms with Crippen molar-refractivity contribution >= 4 is 11.8 Å². The van der Waals surface area contributed by atoms with Crippen molar-refractivity contribution in [1.82, 2.24) is 0 Å². The molecule has 0 radical (unpaired) electrons. The third-order valence-electron chi connectivity index (χ3n) is 2.46. The van der Waals surface area contributed by atoms with Crippen LogP contribution in [-0.2, 0) is 0 Å². The molecule has 0 aliphatic heterocycles. The minimum absolute atomic E-state index is 0.206. The van der Waals surface area contributed by atoms with Gasteiger partial charge in [0.05, 0.1) is 12.7 Å². The van der Waals surface area contributed by atoms with Gasteiger partial charge in [-0.1, -0.05) is 18.2 Å². The summed E-state index contributed by atoms with van der Waals surface area (Å²) in [6.45, 7) is -0.206. The fraction of sp³-hybridized carbons (Fsp3) is 0.200. The molecule has 0 unspecified atom stereocenters. The standard InChI is InChI=1S/C15H16O3S/c16-10-12(17)11-19-15-8-6-14(7-9-15)18-13-4-2-1-3-5-13/h1-9,12,16-17H,10-11H2/t12-/m0/s1. The summed E-state index contributed by atoms with van der Waals surface area (Å²) in [4.78, 5) is 1.04. The van der Waals surface area contributed by atoms with E-state index in [-0.39, 0.29) is 6.61 Å². The summed E-state index contributed by atoms with van der Waals surface area (Å²) in [5.41, 5.74) is 0. The lowest BCUT2D eigenvalue weighted by atomic mass is 10.3. The molecule has 0 amide bonds. The number of aliphatic hydroxyl groups is 2. The number of para-hydroxylation sites is 1. The molecule has 0 heterocycles. The first-order valence-electron chi connectivity index (χ1n) is 6.02. The summed E-state index contributed by atoms with van der Waals surface area (Å²) in [7, 11) is 0. The maximum absolute atomic E-state index is 9.27. The Kier molecular flexibility index (Phi) is 5.27. The van der Waals surface area contributed by atoms with Gasteiger partial charge in [0.2, 0.25) is 0 Å². The fourth-order valence-electron chi connectivity index (χ4n) is 1.47. The Morgan fingerprint density at radius 1 is 0.947 bits per heavy atom. The Hall–Kier alpha value is -1.49. The van der Waals surface area contributed by atoms with Crippen LogP contribution in [0.2, 0.25) is 0 Å². The van der Waals surface area contributed by atoms with Crippen molar-refractivity contribution in [2.45, 2.75) is 11.0 Å². The van der Waals surface area contributed by atoms with E-state index < -0.39 is 6.10 Å². The average molecular weight is 276 g/mol. The Bertz CT molecular complexity index is 485.